The van der Waals surface area contributed by atoms with E-state index in [1.165, 1.54) is 0 Å². The van der Waals surface area contributed by atoms with Crippen LogP contribution in [0.4, 0.5) is 0 Å². The highest BCUT2D eigenvalue weighted by molar-refractivity contribution is 8.00. The molecule has 0 fully saturated rings. The Hall–Kier alpha value is 0.255. The molecule has 0 unspecified atom stereocenters. The van der Waals surface area contributed by atoms with Crippen molar-refractivity contribution in [2.75, 3.05) is 25.6 Å². The van der Waals surface area contributed by atoms with Gasteiger partial charge in [0, 0.05) is 10.5 Å². The number of rotatable bonds is 7. The average Bonchev–Trinajstić information content (AvgIpc) is 2.00. The zero-order chi connectivity index (χ0) is 11.0. The zero-order valence-corrected chi connectivity index (χ0v) is 9.84. The predicted octanol–water partition coefficient (Wildman–Crippen LogP) is 0.521. The molecule has 4 nitrogen and oxygen atoms in total. The van der Waals surface area contributed by atoms with Gasteiger partial charge in [-0.2, -0.15) is 11.8 Å². The van der Waals surface area contributed by atoms with E-state index in [1.54, 1.807) is 0 Å². The number of hydrogen-bond donors (Lipinski definition) is 2. The highest BCUT2D eigenvalue weighted by atomic mass is 32.2. The van der Waals surface area contributed by atoms with Crippen LogP contribution in [0.1, 0.15) is 20.8 Å². The van der Waals surface area contributed by atoms with Gasteiger partial charge in [0.25, 0.3) is 0 Å². The fourth-order valence-corrected chi connectivity index (χ4v) is 1.53. The molecular weight excluding hydrogens is 203 g/mol. The lowest BCUT2D eigenvalue weighted by Gasteiger charge is -2.17. The Morgan fingerprint density at radius 3 is 2.29 bits per heavy atom. The quantitative estimate of drug-likeness (QED) is 0.485. The van der Waals surface area contributed by atoms with Crippen LogP contribution in [0.5, 0.6) is 0 Å². The fraction of sp³-hybridized carbons (Fsp3) is 1.00. The smallest absolute Gasteiger partial charge is 0.402 e. The van der Waals surface area contributed by atoms with Crippen molar-refractivity contribution in [2.24, 2.45) is 0 Å². The lowest BCUT2D eigenvalue weighted by molar-refractivity contribution is 0.0879. The molecule has 0 saturated carbocycles. The first kappa shape index (κ1) is 14.3. The second-order valence-electron chi connectivity index (χ2n) is 3.77. The topological polar surface area (TPSA) is 58.9 Å². The fourth-order valence-electron chi connectivity index (χ4n) is 0.721. The van der Waals surface area contributed by atoms with Gasteiger partial charge in [0.1, 0.15) is 0 Å². The van der Waals surface area contributed by atoms with Gasteiger partial charge in [-0.15, -0.1) is 0 Å². The van der Waals surface area contributed by atoms with Crippen molar-refractivity contribution in [3.8, 4) is 0 Å². The van der Waals surface area contributed by atoms with Gasteiger partial charge >= 0.3 is 7.32 Å². The van der Waals surface area contributed by atoms with Crippen LogP contribution < -0.4 is 0 Å². The van der Waals surface area contributed by atoms with E-state index in [4.69, 9.17) is 14.8 Å². The van der Waals surface area contributed by atoms with Crippen LogP contribution in [0, 0.1) is 0 Å². The number of hydrogen-bond acceptors (Lipinski definition) is 5. The number of ether oxygens (including phenoxy) is 1. The minimum absolute atomic E-state index is 0.206. The van der Waals surface area contributed by atoms with Crippen molar-refractivity contribution < 1.29 is 19.4 Å². The van der Waals surface area contributed by atoms with Crippen LogP contribution in [-0.4, -0.2) is 47.7 Å². The van der Waals surface area contributed by atoms with Crippen LogP contribution >= 0.6 is 11.8 Å². The van der Waals surface area contributed by atoms with E-state index in [-0.39, 0.29) is 11.4 Å². The third-order valence-electron chi connectivity index (χ3n) is 1.26. The van der Waals surface area contributed by atoms with Crippen LogP contribution in [0.15, 0.2) is 0 Å². The SMILES string of the molecule is CC(C)(C)SCCOCCOB(O)O. The van der Waals surface area contributed by atoms with E-state index < -0.39 is 7.32 Å². The molecule has 0 rings (SSSR count). The molecule has 0 saturated heterocycles. The van der Waals surface area contributed by atoms with Crippen molar-refractivity contribution in [3.05, 3.63) is 0 Å². The Morgan fingerprint density at radius 1 is 1.14 bits per heavy atom. The maximum absolute atomic E-state index is 8.34. The Balaban J connectivity index is 3.07. The highest BCUT2D eigenvalue weighted by Gasteiger charge is 2.09. The number of thioether (sulfide) groups is 1. The molecule has 14 heavy (non-hydrogen) atoms. The molecule has 0 aromatic carbocycles. The van der Waals surface area contributed by atoms with Crippen LogP contribution in [0.2, 0.25) is 0 Å². The van der Waals surface area contributed by atoms with E-state index in [0.717, 1.165) is 5.75 Å². The standard InChI is InChI=1S/C8H19BO4S/c1-8(2,3)14-7-6-12-4-5-13-9(10)11/h10-11H,4-7H2,1-3H3. The van der Waals surface area contributed by atoms with Crippen molar-refractivity contribution in [1.29, 1.82) is 0 Å². The Morgan fingerprint density at radius 2 is 1.79 bits per heavy atom. The van der Waals surface area contributed by atoms with Gasteiger partial charge in [-0.3, -0.25) is 0 Å². The molecule has 0 aliphatic heterocycles. The van der Waals surface area contributed by atoms with Gasteiger partial charge in [-0.1, -0.05) is 20.8 Å². The molecule has 2 N–H and O–H groups in total. The predicted molar refractivity (Wildman–Crippen MR) is 59.2 cm³/mol. The van der Waals surface area contributed by atoms with Crippen LogP contribution in [0.3, 0.4) is 0 Å². The normalized spacial score (nSPS) is 11.8. The van der Waals surface area contributed by atoms with Gasteiger partial charge in [0.15, 0.2) is 0 Å². The molecule has 0 aliphatic rings. The summed E-state index contributed by atoms with van der Waals surface area (Å²) in [7, 11) is -1.69. The maximum Gasteiger partial charge on any atom is 0.633 e. The third-order valence-corrected chi connectivity index (χ3v) is 2.49. The second kappa shape index (κ2) is 7.53. The highest BCUT2D eigenvalue weighted by Crippen LogP contribution is 2.22. The second-order valence-corrected chi connectivity index (χ2v) is 5.69. The molecule has 0 aliphatic carbocycles. The van der Waals surface area contributed by atoms with Crippen LogP contribution in [-0.2, 0) is 9.39 Å². The van der Waals surface area contributed by atoms with E-state index in [0.29, 0.717) is 13.2 Å². The molecule has 0 aromatic rings. The largest absolute Gasteiger partial charge is 0.633 e. The maximum atomic E-state index is 8.34. The summed E-state index contributed by atoms with van der Waals surface area (Å²) < 4.78 is 9.95. The molecular formula is C8H19BO4S. The van der Waals surface area contributed by atoms with Gasteiger partial charge in [0.05, 0.1) is 19.8 Å². The monoisotopic (exact) mass is 222 g/mol. The van der Waals surface area contributed by atoms with E-state index >= 15 is 0 Å². The van der Waals surface area contributed by atoms with Gasteiger partial charge in [0.2, 0.25) is 0 Å². The minimum atomic E-state index is -1.69. The zero-order valence-electron chi connectivity index (χ0n) is 9.02. The molecule has 0 heterocycles. The molecule has 84 valence electrons. The molecule has 0 aromatic heterocycles. The molecule has 0 bridgehead atoms. The molecule has 0 radical (unpaired) electrons. The first-order chi connectivity index (χ1) is 6.42. The summed E-state index contributed by atoms with van der Waals surface area (Å²) in [5.74, 6) is 0.936. The summed E-state index contributed by atoms with van der Waals surface area (Å²) in [5, 5.41) is 16.7. The summed E-state index contributed by atoms with van der Waals surface area (Å²) in [6, 6.07) is 0. The van der Waals surface area contributed by atoms with Gasteiger partial charge in [-0.05, 0) is 0 Å². The van der Waals surface area contributed by atoms with Crippen molar-refractivity contribution in [3.63, 3.8) is 0 Å². The lowest BCUT2D eigenvalue weighted by atomic mass is 10.3. The van der Waals surface area contributed by atoms with E-state index in [1.807, 2.05) is 11.8 Å². The first-order valence-electron chi connectivity index (χ1n) is 4.61. The summed E-state index contributed by atoms with van der Waals surface area (Å²) in [5.41, 5.74) is 0. The van der Waals surface area contributed by atoms with E-state index in [9.17, 15) is 0 Å². The Labute approximate surface area is 90.2 Å². The van der Waals surface area contributed by atoms with E-state index in [2.05, 4.69) is 25.4 Å². The lowest BCUT2D eigenvalue weighted by Crippen LogP contribution is -2.20. The summed E-state index contributed by atoms with van der Waals surface area (Å²) in [4.78, 5) is 0. The molecule has 0 spiro atoms. The summed E-state index contributed by atoms with van der Waals surface area (Å²) in [6.07, 6.45) is 0. The van der Waals surface area contributed by atoms with Gasteiger partial charge in [-0.25, -0.2) is 0 Å². The minimum Gasteiger partial charge on any atom is -0.402 e. The molecule has 0 amide bonds. The Kier molecular flexibility index (Phi) is 7.67. The van der Waals surface area contributed by atoms with Gasteiger partial charge < -0.3 is 19.4 Å². The third kappa shape index (κ3) is 12.3. The van der Waals surface area contributed by atoms with Crippen LogP contribution in [0.25, 0.3) is 0 Å². The van der Waals surface area contributed by atoms with Crippen molar-refractivity contribution in [1.82, 2.24) is 0 Å². The van der Waals surface area contributed by atoms with Crippen molar-refractivity contribution in [2.45, 2.75) is 25.5 Å². The summed E-state index contributed by atoms with van der Waals surface area (Å²) in [6.45, 7) is 7.72. The first-order valence-corrected chi connectivity index (χ1v) is 5.60. The van der Waals surface area contributed by atoms with Crippen molar-refractivity contribution >= 4 is 19.1 Å². The molecule has 0 atom stereocenters. The Bertz CT molecular complexity index is 138. The molecule has 6 heteroatoms. The average molecular weight is 222 g/mol. The summed E-state index contributed by atoms with van der Waals surface area (Å²) >= 11 is 1.83.